The minimum Gasteiger partial charge on any atom is -0.355 e. The molecular formula is C44H10Cl20FeN4+3. The Labute approximate surface area is 501 Å². The van der Waals surface area contributed by atoms with Crippen molar-refractivity contribution in [3.63, 3.8) is 0 Å². The molecule has 7 aromatic rings. The third-order valence-electron chi connectivity index (χ3n) is 10.5. The first kappa shape index (κ1) is 55.0. The van der Waals surface area contributed by atoms with E-state index in [-0.39, 0.29) is 179 Å². The molecule has 9 rings (SSSR count). The average Bonchev–Trinajstić information content (AvgIpc) is 4.13. The van der Waals surface area contributed by atoms with E-state index in [1.165, 1.54) is 0 Å². The predicted octanol–water partition coefficient (Wildman–Crippen LogP) is 24.1. The van der Waals surface area contributed by atoms with Gasteiger partial charge in [-0.3, -0.25) is 0 Å². The molecule has 1 radical (unpaired) electrons. The van der Waals surface area contributed by atoms with E-state index in [9.17, 15) is 0 Å². The smallest absolute Gasteiger partial charge is 0.355 e. The maximum Gasteiger partial charge on any atom is 3.00 e. The second-order valence-electron chi connectivity index (χ2n) is 14.4. The van der Waals surface area contributed by atoms with Crippen molar-refractivity contribution in [2.24, 2.45) is 0 Å². The van der Waals surface area contributed by atoms with E-state index in [1.54, 1.807) is 30.4 Å². The van der Waals surface area contributed by atoms with Crippen LogP contribution in [0.5, 0.6) is 0 Å². The van der Waals surface area contributed by atoms with Gasteiger partial charge in [0.2, 0.25) is 0 Å². The third-order valence-corrected chi connectivity index (χ3v) is 19.6. The Hall–Kier alpha value is -0.201. The molecule has 4 nitrogen and oxygen atoms in total. The van der Waals surface area contributed by atoms with Gasteiger partial charge in [-0.25, -0.2) is 9.97 Å². The van der Waals surface area contributed by atoms with Crippen LogP contribution in [0.2, 0.25) is 100 Å². The second kappa shape index (κ2) is 21.1. The Morgan fingerprint density at radius 3 is 1.06 bits per heavy atom. The number of fused-ring (bicyclic) bond motifs is 8. The van der Waals surface area contributed by atoms with Crippen LogP contribution in [-0.4, -0.2) is 19.9 Å². The molecule has 0 amide bonds. The van der Waals surface area contributed by atoms with Crippen molar-refractivity contribution in [3.8, 4) is 33.4 Å². The number of benzene rings is 4. The van der Waals surface area contributed by atoms with Crippen LogP contribution in [0.15, 0.2) is 30.3 Å². The third kappa shape index (κ3) is 9.29. The van der Waals surface area contributed by atoms with Gasteiger partial charge in [-0.1, -0.05) is 232 Å². The van der Waals surface area contributed by atoms with Crippen molar-refractivity contribution >= 4 is 278 Å². The zero-order chi connectivity index (χ0) is 49.3. The molecule has 2 aliphatic heterocycles. The monoisotopic (exact) mass is 1350 g/mol. The van der Waals surface area contributed by atoms with Gasteiger partial charge in [-0.2, -0.15) is 0 Å². The number of H-pyrrole nitrogens is 2. The number of rotatable bonds is 4. The quantitative estimate of drug-likeness (QED) is 0.105. The SMILES string of the molecule is Clc1c(Cl)c(Cl)c(C2=Cc3cc4ccc(cc5nc(cc6[nH]c(c(-c7c(Cl)c(Cl)c(Cl)c(Cl)c7Cl)c2n3)c(-c2c(Cl)c(Cl)c(Cl)c(Cl)c2Cl)c6-c2c(Cl)c(Cl)c(Cl)c(Cl)c2Cl)C=C5)[nH]4)c(Cl)c1Cl.[Fe+3]. The van der Waals surface area contributed by atoms with Crippen LogP contribution in [0.25, 0.3) is 79.2 Å². The fraction of sp³-hybridized carbons (Fsp3) is 0. The molecule has 0 spiro atoms. The van der Waals surface area contributed by atoms with E-state index in [2.05, 4.69) is 9.97 Å². The molecule has 2 N–H and O–H groups in total. The molecule has 8 bridgehead atoms. The number of aromatic nitrogens is 4. The average molecular weight is 1360 g/mol. The summed E-state index contributed by atoms with van der Waals surface area (Å²) in [6, 6.07) is 8.89. The van der Waals surface area contributed by atoms with E-state index in [1.807, 2.05) is 18.2 Å². The Kier molecular flexibility index (Phi) is 16.8. The van der Waals surface area contributed by atoms with Gasteiger partial charge < -0.3 is 9.97 Å². The van der Waals surface area contributed by atoms with Crippen molar-refractivity contribution < 1.29 is 17.1 Å². The maximum absolute atomic E-state index is 7.30. The molecule has 0 atom stereocenters. The van der Waals surface area contributed by atoms with Crippen LogP contribution in [0.1, 0.15) is 28.3 Å². The summed E-state index contributed by atoms with van der Waals surface area (Å²) >= 11 is 139. The van der Waals surface area contributed by atoms with Crippen LogP contribution < -0.4 is 0 Å². The molecule has 5 heterocycles. The summed E-state index contributed by atoms with van der Waals surface area (Å²) in [4.78, 5) is 16.9. The zero-order valence-corrected chi connectivity index (χ0v) is 48.6. The first-order valence-corrected chi connectivity index (χ1v) is 25.9. The van der Waals surface area contributed by atoms with E-state index >= 15 is 0 Å². The molecule has 2 aliphatic rings. The number of hydrogen-bond acceptors (Lipinski definition) is 2. The number of nitrogens with zero attached hydrogens (tertiary/aromatic N) is 2. The zero-order valence-electron chi connectivity index (χ0n) is 32.4. The van der Waals surface area contributed by atoms with E-state index in [4.69, 9.17) is 242 Å². The van der Waals surface area contributed by atoms with Gasteiger partial charge in [0.1, 0.15) is 0 Å². The van der Waals surface area contributed by atoms with Crippen LogP contribution in [0.4, 0.5) is 0 Å². The molecule has 0 aliphatic carbocycles. The molecule has 25 heteroatoms. The molecule has 3 aromatic heterocycles. The standard InChI is InChI=1S/C44H10Cl20N4.Fe/c45-23-16(24(46)32(54)39(61)31(23)53)14-7-13-6-11-2-1-9(65-11)5-10-3-4-12(66-10)8-15-17(19-25(47)33(55)40(62)34(56)26(19)48)18(20-27(49)35(57)41(63)36(58)28(20)50)44(68-15)22(43(14)67-13)21-29(51)37(59)42(64)38(60)30(21)52;/h1-8,65,68H;/q;+3. The molecule has 351 valence electrons. The first-order valence-electron chi connectivity index (χ1n) is 18.3. The Balaban J connectivity index is 0.00000642. The van der Waals surface area contributed by atoms with Gasteiger partial charge in [0, 0.05) is 61.1 Å². The second-order valence-corrected chi connectivity index (χ2v) is 21.9. The summed E-state index contributed by atoms with van der Waals surface area (Å²) in [5, 5.41) is -3.61. The van der Waals surface area contributed by atoms with Crippen molar-refractivity contribution in [1.29, 1.82) is 0 Å². The summed E-state index contributed by atoms with van der Waals surface area (Å²) in [7, 11) is 0. The van der Waals surface area contributed by atoms with E-state index in [0.717, 1.165) is 0 Å². The number of aromatic amines is 2. The fourth-order valence-electron chi connectivity index (χ4n) is 7.51. The normalized spacial score (nSPS) is 12.3. The fourth-order valence-corrected chi connectivity index (χ4v) is 12.8. The summed E-state index contributed by atoms with van der Waals surface area (Å²) in [6.45, 7) is 0. The van der Waals surface area contributed by atoms with Gasteiger partial charge in [0.25, 0.3) is 0 Å². The molecule has 4 aromatic carbocycles. The minimum absolute atomic E-state index is 0. The topological polar surface area (TPSA) is 57.4 Å². The van der Waals surface area contributed by atoms with Gasteiger partial charge in [-0.15, -0.1) is 0 Å². The Bertz CT molecular complexity index is 3590. The van der Waals surface area contributed by atoms with Crippen LogP contribution in [-0.2, 0) is 17.1 Å². The number of halogens is 20. The summed E-state index contributed by atoms with van der Waals surface area (Å²) in [5.74, 6) is 0. The van der Waals surface area contributed by atoms with Gasteiger partial charge in [0.15, 0.2) is 0 Å². The predicted molar refractivity (Wildman–Crippen MR) is 300 cm³/mol. The Morgan fingerprint density at radius 2 is 0.638 bits per heavy atom. The summed E-state index contributed by atoms with van der Waals surface area (Å²) < 4.78 is 0. The minimum atomic E-state index is -0.225. The first-order chi connectivity index (χ1) is 32.0. The molecule has 0 unspecified atom stereocenters. The number of hydrogen-bond donors (Lipinski definition) is 2. The van der Waals surface area contributed by atoms with Crippen molar-refractivity contribution in [1.82, 2.24) is 19.9 Å². The van der Waals surface area contributed by atoms with E-state index in [0.29, 0.717) is 28.1 Å². The van der Waals surface area contributed by atoms with Crippen molar-refractivity contribution in [2.75, 3.05) is 0 Å². The molecular weight excluding hydrogens is 1350 g/mol. The summed E-state index contributed by atoms with van der Waals surface area (Å²) in [5.41, 5.74) is 2.96. The van der Waals surface area contributed by atoms with Crippen LogP contribution in [0.3, 0.4) is 0 Å². The van der Waals surface area contributed by atoms with Gasteiger partial charge in [-0.05, 0) is 48.6 Å². The van der Waals surface area contributed by atoms with Crippen LogP contribution >= 0.6 is 232 Å². The molecule has 0 saturated carbocycles. The Morgan fingerprint density at radius 1 is 0.304 bits per heavy atom. The molecule has 69 heavy (non-hydrogen) atoms. The largest absolute Gasteiger partial charge is 3.00 e. The number of nitrogens with one attached hydrogen (secondary N) is 2. The molecule has 0 fully saturated rings. The van der Waals surface area contributed by atoms with Crippen molar-refractivity contribution in [3.05, 3.63) is 159 Å². The summed E-state index contributed by atoms with van der Waals surface area (Å²) in [6.07, 6.45) is 5.20. The van der Waals surface area contributed by atoms with Crippen LogP contribution in [0, 0.1) is 0 Å². The van der Waals surface area contributed by atoms with Gasteiger partial charge >= 0.3 is 17.1 Å². The van der Waals surface area contributed by atoms with E-state index < -0.39 is 0 Å². The van der Waals surface area contributed by atoms with Gasteiger partial charge in [0.05, 0.1) is 129 Å². The molecule has 0 saturated heterocycles. The van der Waals surface area contributed by atoms with Crippen molar-refractivity contribution in [2.45, 2.75) is 0 Å². The maximum atomic E-state index is 7.30.